The molecule has 0 aromatic carbocycles. The molecule has 0 heterocycles. The highest BCUT2D eigenvalue weighted by Crippen LogP contribution is 2.08. The van der Waals surface area contributed by atoms with Crippen molar-refractivity contribution in [2.45, 2.75) is 6.92 Å². The fourth-order valence-electron chi connectivity index (χ4n) is 0.830. The fourth-order valence-corrected chi connectivity index (χ4v) is 0.830. The summed E-state index contributed by atoms with van der Waals surface area (Å²) in [7, 11) is 1.52. The summed E-state index contributed by atoms with van der Waals surface area (Å²) < 4.78 is 0. The average molecular weight is 178 g/mol. The van der Waals surface area contributed by atoms with Gasteiger partial charge in [0.1, 0.15) is 5.70 Å². The zero-order valence-electron chi connectivity index (χ0n) is 7.53. The van der Waals surface area contributed by atoms with E-state index in [4.69, 9.17) is 10.4 Å². The van der Waals surface area contributed by atoms with Gasteiger partial charge in [-0.3, -0.25) is 0 Å². The Morgan fingerprint density at radius 3 is 2.54 bits per heavy atom. The van der Waals surface area contributed by atoms with Crippen LogP contribution in [0, 0.1) is 11.3 Å². The maximum absolute atomic E-state index is 10.7. The first-order chi connectivity index (χ1) is 6.04. The van der Waals surface area contributed by atoms with Gasteiger partial charge in [0.25, 0.3) is 0 Å². The van der Waals surface area contributed by atoms with Crippen LogP contribution in [-0.2, 0) is 4.79 Å². The number of carboxylic acid groups (broad SMARTS) is 1. The number of hydrogen-bond donors (Lipinski definition) is 1. The Labute approximate surface area is 76.7 Å². The topological polar surface area (TPSA) is 64.3 Å². The highest BCUT2D eigenvalue weighted by molar-refractivity contribution is 5.87. The van der Waals surface area contributed by atoms with Crippen molar-refractivity contribution in [1.29, 1.82) is 5.26 Å². The predicted molar refractivity (Wildman–Crippen MR) is 47.4 cm³/mol. The van der Waals surface area contributed by atoms with Crippen LogP contribution in [0.3, 0.4) is 0 Å². The molecule has 4 heteroatoms. The zero-order chi connectivity index (χ0) is 10.4. The summed E-state index contributed by atoms with van der Waals surface area (Å²) in [6.07, 6.45) is 1.35. The number of aliphatic carboxylic acids is 1. The van der Waals surface area contributed by atoms with Crippen LogP contribution in [0.15, 0.2) is 29.8 Å². The Balaban J connectivity index is 5.19. The summed E-state index contributed by atoms with van der Waals surface area (Å²) in [6, 6.07) is 1.77. The van der Waals surface area contributed by atoms with Crippen molar-refractivity contribution in [2.75, 3.05) is 7.05 Å². The number of carboxylic acids is 1. The first kappa shape index (κ1) is 11.0. The monoisotopic (exact) mass is 178 g/mol. The molecule has 0 fully saturated rings. The van der Waals surface area contributed by atoms with Gasteiger partial charge in [0.2, 0.25) is 0 Å². The van der Waals surface area contributed by atoms with Gasteiger partial charge < -0.3 is 10.0 Å². The Bertz CT molecular complexity index is 330. The molecule has 0 rings (SSSR count). The first-order valence-electron chi connectivity index (χ1n) is 3.47. The lowest BCUT2D eigenvalue weighted by Gasteiger charge is -2.13. The molecular weight excluding hydrogens is 168 g/mol. The van der Waals surface area contributed by atoms with Crippen LogP contribution >= 0.6 is 0 Å². The lowest BCUT2D eigenvalue weighted by molar-refractivity contribution is -0.134. The Hall–Kier alpha value is -1.98. The van der Waals surface area contributed by atoms with Gasteiger partial charge in [0, 0.05) is 13.2 Å². The van der Waals surface area contributed by atoms with Gasteiger partial charge in [-0.25, -0.2) is 4.79 Å². The smallest absolute Gasteiger partial charge is 0.353 e. The lowest BCUT2D eigenvalue weighted by atomic mass is 10.2. The van der Waals surface area contributed by atoms with Crippen LogP contribution in [-0.4, -0.2) is 23.0 Å². The SMILES string of the molecule is C=C=CN(C)/C(C(=O)O)=C(\C)C#N. The number of carbonyl (C=O) groups is 1. The molecule has 0 atom stereocenters. The van der Waals surface area contributed by atoms with Gasteiger partial charge in [0.05, 0.1) is 11.6 Å². The van der Waals surface area contributed by atoms with Gasteiger partial charge in [-0.2, -0.15) is 5.26 Å². The third kappa shape index (κ3) is 2.86. The van der Waals surface area contributed by atoms with Crippen molar-refractivity contribution in [2.24, 2.45) is 0 Å². The molecule has 0 amide bonds. The molecule has 1 N–H and O–H groups in total. The molecule has 0 unspecified atom stereocenters. The van der Waals surface area contributed by atoms with E-state index in [9.17, 15) is 4.79 Å². The molecule has 0 aromatic rings. The molecule has 13 heavy (non-hydrogen) atoms. The minimum Gasteiger partial charge on any atom is -0.477 e. The van der Waals surface area contributed by atoms with Crippen molar-refractivity contribution >= 4 is 5.97 Å². The van der Waals surface area contributed by atoms with E-state index in [-0.39, 0.29) is 11.3 Å². The van der Waals surface area contributed by atoms with Crippen LogP contribution in [0.5, 0.6) is 0 Å². The molecule has 0 aliphatic rings. The largest absolute Gasteiger partial charge is 0.477 e. The molecule has 4 nitrogen and oxygen atoms in total. The maximum Gasteiger partial charge on any atom is 0.353 e. The number of likely N-dealkylation sites (N-methyl/N-ethyl adjacent to an activating group) is 1. The normalized spacial score (nSPS) is 10.5. The molecule has 0 saturated carbocycles. The standard InChI is InChI=1S/C9H10N2O2/c1-4-5-11(3)8(9(12)13)7(2)6-10/h5H,1H2,2-3H3,(H,12,13)/b8-7+. The van der Waals surface area contributed by atoms with E-state index in [2.05, 4.69) is 12.3 Å². The number of rotatable bonds is 3. The van der Waals surface area contributed by atoms with Crippen LogP contribution < -0.4 is 0 Å². The van der Waals surface area contributed by atoms with Crippen molar-refractivity contribution in [1.82, 2.24) is 4.90 Å². The number of allylic oxidation sites excluding steroid dienone is 1. The van der Waals surface area contributed by atoms with Gasteiger partial charge >= 0.3 is 5.97 Å². The molecular formula is C9H10N2O2. The molecule has 0 radical (unpaired) electrons. The molecule has 0 bridgehead atoms. The predicted octanol–water partition coefficient (Wildman–Crippen LogP) is 1.10. The van der Waals surface area contributed by atoms with E-state index >= 15 is 0 Å². The van der Waals surface area contributed by atoms with Crippen molar-refractivity contribution < 1.29 is 9.90 Å². The summed E-state index contributed by atoms with van der Waals surface area (Å²) in [6.45, 7) is 4.75. The minimum atomic E-state index is -1.15. The second-order valence-corrected chi connectivity index (χ2v) is 2.33. The number of nitrogens with zero attached hydrogens (tertiary/aromatic N) is 2. The quantitative estimate of drug-likeness (QED) is 0.399. The molecule has 68 valence electrons. The van der Waals surface area contributed by atoms with Crippen molar-refractivity contribution in [3.8, 4) is 6.07 Å². The van der Waals surface area contributed by atoms with E-state index in [1.165, 1.54) is 25.1 Å². The number of nitriles is 1. The summed E-state index contributed by atoms with van der Waals surface area (Å²) in [5.74, 6) is -1.15. The molecule has 0 aliphatic heterocycles. The average Bonchev–Trinajstić information content (AvgIpc) is 2.04. The Morgan fingerprint density at radius 2 is 2.23 bits per heavy atom. The van der Waals surface area contributed by atoms with E-state index in [0.29, 0.717) is 0 Å². The summed E-state index contributed by atoms with van der Waals surface area (Å²) in [5.41, 5.74) is 2.50. The molecule has 0 saturated heterocycles. The van der Waals surface area contributed by atoms with Crippen LogP contribution in [0.25, 0.3) is 0 Å². The Kier molecular flexibility index (Phi) is 4.08. The second kappa shape index (κ2) is 4.81. The summed E-state index contributed by atoms with van der Waals surface area (Å²) in [5, 5.41) is 17.3. The van der Waals surface area contributed by atoms with Crippen molar-refractivity contribution in [3.05, 3.63) is 29.8 Å². The van der Waals surface area contributed by atoms with Crippen LogP contribution in [0.4, 0.5) is 0 Å². The van der Waals surface area contributed by atoms with Gasteiger partial charge in [-0.15, -0.1) is 5.73 Å². The third-order valence-electron chi connectivity index (χ3n) is 1.36. The number of hydrogen-bond acceptors (Lipinski definition) is 3. The van der Waals surface area contributed by atoms with E-state index < -0.39 is 5.97 Å². The van der Waals surface area contributed by atoms with Crippen molar-refractivity contribution in [3.63, 3.8) is 0 Å². The molecule has 0 aliphatic carbocycles. The first-order valence-corrected chi connectivity index (χ1v) is 3.47. The van der Waals surface area contributed by atoms with Crippen LogP contribution in [0.1, 0.15) is 6.92 Å². The lowest BCUT2D eigenvalue weighted by Crippen LogP contribution is -2.19. The fraction of sp³-hybridized carbons (Fsp3) is 0.222. The Morgan fingerprint density at radius 1 is 1.69 bits per heavy atom. The minimum absolute atomic E-state index is 0.0707. The maximum atomic E-state index is 10.7. The summed E-state index contributed by atoms with van der Waals surface area (Å²) >= 11 is 0. The highest BCUT2D eigenvalue weighted by Gasteiger charge is 2.14. The molecule has 0 spiro atoms. The highest BCUT2D eigenvalue weighted by atomic mass is 16.4. The van der Waals surface area contributed by atoms with Gasteiger partial charge in [-0.05, 0) is 6.92 Å². The zero-order valence-corrected chi connectivity index (χ0v) is 7.53. The third-order valence-corrected chi connectivity index (χ3v) is 1.36. The summed E-state index contributed by atoms with van der Waals surface area (Å²) in [4.78, 5) is 12.0. The van der Waals surface area contributed by atoms with E-state index in [0.717, 1.165) is 0 Å². The van der Waals surface area contributed by atoms with E-state index in [1.807, 2.05) is 0 Å². The van der Waals surface area contributed by atoms with Gasteiger partial charge in [0.15, 0.2) is 0 Å². The van der Waals surface area contributed by atoms with Gasteiger partial charge in [-0.1, -0.05) is 6.58 Å². The second-order valence-electron chi connectivity index (χ2n) is 2.33. The van der Waals surface area contributed by atoms with Crippen LogP contribution in [0.2, 0.25) is 0 Å². The van der Waals surface area contributed by atoms with E-state index in [1.54, 1.807) is 6.07 Å². The molecule has 0 aromatic heterocycles.